The number of carbonyl (C=O) groups is 1. The number of piperidine rings is 1. The summed E-state index contributed by atoms with van der Waals surface area (Å²) in [4.78, 5) is 15.3. The Morgan fingerprint density at radius 1 is 0.912 bits per heavy atom. The first kappa shape index (κ1) is 24.9. The maximum atomic E-state index is 12.8. The van der Waals surface area contributed by atoms with E-state index in [1.54, 1.807) is 28.6 Å². The molecular formula is C26H35N3O4S. The number of nitrogens with one attached hydrogen (secondary N) is 1. The summed E-state index contributed by atoms with van der Waals surface area (Å²) in [5.41, 5.74) is 2.64. The number of nitrogens with zero attached hydrogens (tertiary/aromatic N) is 2. The van der Waals surface area contributed by atoms with Crippen molar-refractivity contribution in [3.8, 4) is 0 Å². The largest absolute Gasteiger partial charge is 0.373 e. The average Bonchev–Trinajstić information content (AvgIpc) is 2.83. The van der Waals surface area contributed by atoms with Gasteiger partial charge in [-0.3, -0.25) is 9.69 Å². The summed E-state index contributed by atoms with van der Waals surface area (Å²) < 4.78 is 32.9. The number of carbonyl (C=O) groups excluding carboxylic acids is 1. The first-order valence-electron chi connectivity index (χ1n) is 12.2. The molecule has 0 radical (unpaired) electrons. The van der Waals surface area contributed by atoms with Crippen LogP contribution >= 0.6 is 0 Å². The number of amides is 1. The molecule has 8 heteroatoms. The fourth-order valence-electron chi connectivity index (χ4n) is 4.75. The molecule has 34 heavy (non-hydrogen) atoms. The minimum absolute atomic E-state index is 0.148. The number of morpholine rings is 1. The van der Waals surface area contributed by atoms with Gasteiger partial charge in [0.1, 0.15) is 0 Å². The number of ether oxygens (including phenoxy) is 1. The van der Waals surface area contributed by atoms with Crippen LogP contribution in [0.3, 0.4) is 0 Å². The fourth-order valence-corrected chi connectivity index (χ4v) is 6.27. The van der Waals surface area contributed by atoms with E-state index in [0.29, 0.717) is 30.1 Å². The second-order valence-electron chi connectivity index (χ2n) is 9.44. The summed E-state index contributed by atoms with van der Waals surface area (Å²) in [6.07, 6.45) is 3.37. The van der Waals surface area contributed by atoms with Gasteiger partial charge in [0.15, 0.2) is 0 Å². The Bertz CT molecular complexity index is 1050. The lowest BCUT2D eigenvalue weighted by molar-refractivity contribution is -0.0704. The van der Waals surface area contributed by atoms with Crippen LogP contribution in [0, 0.1) is 0 Å². The zero-order valence-corrected chi connectivity index (χ0v) is 20.9. The van der Waals surface area contributed by atoms with Crippen molar-refractivity contribution >= 4 is 15.9 Å². The maximum absolute atomic E-state index is 12.8. The van der Waals surface area contributed by atoms with E-state index in [-0.39, 0.29) is 18.1 Å². The van der Waals surface area contributed by atoms with Gasteiger partial charge in [-0.05, 0) is 62.1 Å². The van der Waals surface area contributed by atoms with Crippen molar-refractivity contribution in [2.24, 2.45) is 0 Å². The van der Waals surface area contributed by atoms with Crippen molar-refractivity contribution in [2.45, 2.75) is 63.3 Å². The van der Waals surface area contributed by atoms with Gasteiger partial charge in [-0.1, -0.05) is 30.7 Å². The molecule has 2 unspecified atom stereocenters. The summed E-state index contributed by atoms with van der Waals surface area (Å²) in [5, 5.41) is 2.92. The number of hydrogen-bond donors (Lipinski definition) is 1. The topological polar surface area (TPSA) is 79.0 Å². The van der Waals surface area contributed by atoms with Gasteiger partial charge in [0, 0.05) is 44.8 Å². The summed E-state index contributed by atoms with van der Waals surface area (Å²) in [5.74, 6) is -0.148. The van der Waals surface area contributed by atoms with Crippen molar-refractivity contribution in [2.75, 3.05) is 26.2 Å². The van der Waals surface area contributed by atoms with Crippen LogP contribution in [-0.2, 0) is 27.8 Å². The Morgan fingerprint density at radius 3 is 2.12 bits per heavy atom. The van der Waals surface area contributed by atoms with E-state index in [0.717, 1.165) is 44.5 Å². The lowest BCUT2D eigenvalue weighted by Crippen LogP contribution is -2.44. The number of sulfonamides is 1. The molecule has 1 amide bonds. The molecule has 0 aromatic heterocycles. The van der Waals surface area contributed by atoms with Crippen LogP contribution in [0.2, 0.25) is 0 Å². The summed E-state index contributed by atoms with van der Waals surface area (Å²) in [6.45, 7) is 8.36. The molecule has 0 bridgehead atoms. The van der Waals surface area contributed by atoms with Crippen LogP contribution in [0.5, 0.6) is 0 Å². The van der Waals surface area contributed by atoms with Gasteiger partial charge >= 0.3 is 0 Å². The minimum atomic E-state index is -3.44. The van der Waals surface area contributed by atoms with E-state index >= 15 is 0 Å². The highest BCUT2D eigenvalue weighted by Gasteiger charge is 2.26. The molecule has 2 fully saturated rings. The maximum Gasteiger partial charge on any atom is 0.251 e. The van der Waals surface area contributed by atoms with Crippen molar-refractivity contribution in [1.29, 1.82) is 0 Å². The Morgan fingerprint density at radius 2 is 1.50 bits per heavy atom. The smallest absolute Gasteiger partial charge is 0.251 e. The lowest BCUT2D eigenvalue weighted by atomic mass is 10.1. The van der Waals surface area contributed by atoms with E-state index in [1.807, 2.05) is 24.3 Å². The normalized spacial score (nSPS) is 22.4. The molecule has 2 aliphatic heterocycles. The Kier molecular flexibility index (Phi) is 8.03. The Balaban J connectivity index is 1.29. The molecule has 0 aliphatic carbocycles. The summed E-state index contributed by atoms with van der Waals surface area (Å²) in [6, 6.07) is 14.5. The second kappa shape index (κ2) is 11.0. The molecule has 0 spiro atoms. The third-order valence-corrected chi connectivity index (χ3v) is 8.36. The number of benzene rings is 2. The third-order valence-electron chi connectivity index (χ3n) is 6.45. The van der Waals surface area contributed by atoms with Gasteiger partial charge in [-0.25, -0.2) is 8.42 Å². The number of hydrogen-bond acceptors (Lipinski definition) is 5. The standard InChI is InChI=1S/C26H35N3O4S/c1-20-17-28(18-21(2)33-20)19-23-6-10-24(11-7-23)26(30)27-16-22-8-12-25(13-9-22)34(31,32)29-14-4-3-5-15-29/h6-13,20-21H,3-5,14-19H2,1-2H3,(H,27,30). The third kappa shape index (κ3) is 6.24. The summed E-state index contributed by atoms with van der Waals surface area (Å²) in [7, 11) is -3.44. The van der Waals surface area contributed by atoms with Crippen molar-refractivity contribution in [3.05, 3.63) is 65.2 Å². The van der Waals surface area contributed by atoms with Gasteiger partial charge in [0.25, 0.3) is 5.91 Å². The van der Waals surface area contributed by atoms with Gasteiger partial charge in [-0.15, -0.1) is 0 Å². The minimum Gasteiger partial charge on any atom is -0.373 e. The zero-order chi connectivity index (χ0) is 24.1. The SMILES string of the molecule is CC1CN(Cc2ccc(C(=O)NCc3ccc(S(=O)(=O)N4CCCCC4)cc3)cc2)CC(C)O1. The highest BCUT2D eigenvalue weighted by Crippen LogP contribution is 2.21. The van der Waals surface area contributed by atoms with Crippen LogP contribution in [0.1, 0.15) is 54.6 Å². The first-order chi connectivity index (χ1) is 16.3. The van der Waals surface area contributed by atoms with Crippen LogP contribution in [0.25, 0.3) is 0 Å². The molecule has 2 aliphatic rings. The molecule has 2 aromatic rings. The van der Waals surface area contributed by atoms with Gasteiger partial charge in [0.2, 0.25) is 10.0 Å². The first-order valence-corrected chi connectivity index (χ1v) is 13.6. The van der Waals surface area contributed by atoms with Crippen LogP contribution in [-0.4, -0.2) is 61.9 Å². The van der Waals surface area contributed by atoms with E-state index < -0.39 is 10.0 Å². The Labute approximate surface area is 203 Å². The monoisotopic (exact) mass is 485 g/mol. The van der Waals surface area contributed by atoms with E-state index in [9.17, 15) is 13.2 Å². The number of rotatable bonds is 7. The highest BCUT2D eigenvalue weighted by atomic mass is 32.2. The van der Waals surface area contributed by atoms with Gasteiger partial charge < -0.3 is 10.1 Å². The molecule has 184 valence electrons. The van der Waals surface area contributed by atoms with Crippen LogP contribution in [0.15, 0.2) is 53.4 Å². The molecule has 2 atom stereocenters. The van der Waals surface area contributed by atoms with E-state index in [1.165, 1.54) is 5.56 Å². The fraction of sp³-hybridized carbons (Fsp3) is 0.500. The van der Waals surface area contributed by atoms with Crippen molar-refractivity contribution < 1.29 is 17.9 Å². The molecular weight excluding hydrogens is 450 g/mol. The van der Waals surface area contributed by atoms with Gasteiger partial charge in [-0.2, -0.15) is 4.31 Å². The molecule has 2 saturated heterocycles. The molecule has 4 rings (SSSR count). The van der Waals surface area contributed by atoms with E-state index in [4.69, 9.17) is 4.74 Å². The molecule has 1 N–H and O–H groups in total. The molecule has 7 nitrogen and oxygen atoms in total. The average molecular weight is 486 g/mol. The van der Waals surface area contributed by atoms with Crippen molar-refractivity contribution in [1.82, 2.24) is 14.5 Å². The van der Waals surface area contributed by atoms with Crippen LogP contribution < -0.4 is 5.32 Å². The summed E-state index contributed by atoms with van der Waals surface area (Å²) >= 11 is 0. The van der Waals surface area contributed by atoms with E-state index in [2.05, 4.69) is 24.1 Å². The zero-order valence-electron chi connectivity index (χ0n) is 20.1. The predicted octanol–water partition coefficient (Wildman–Crippen LogP) is 3.40. The quantitative estimate of drug-likeness (QED) is 0.650. The predicted molar refractivity (Wildman–Crippen MR) is 132 cm³/mol. The molecule has 2 aromatic carbocycles. The second-order valence-corrected chi connectivity index (χ2v) is 11.4. The lowest BCUT2D eigenvalue weighted by Gasteiger charge is -2.35. The van der Waals surface area contributed by atoms with Crippen LogP contribution in [0.4, 0.5) is 0 Å². The Hall–Kier alpha value is -2.26. The molecule has 2 heterocycles. The van der Waals surface area contributed by atoms with Gasteiger partial charge in [0.05, 0.1) is 17.1 Å². The highest BCUT2D eigenvalue weighted by molar-refractivity contribution is 7.89. The van der Waals surface area contributed by atoms with Crippen molar-refractivity contribution in [3.63, 3.8) is 0 Å². The molecule has 0 saturated carbocycles.